The molecule has 2 fully saturated rings. The lowest BCUT2D eigenvalue weighted by Gasteiger charge is -2.45. The first kappa shape index (κ1) is 20.5. The van der Waals surface area contributed by atoms with Crippen LogP contribution in [0.1, 0.15) is 45.1 Å². The van der Waals surface area contributed by atoms with E-state index < -0.39 is 0 Å². The zero-order valence-corrected chi connectivity index (χ0v) is 18.6. The second-order valence-corrected chi connectivity index (χ2v) is 9.68. The standard InChI is InChI=1S/C24H27N7O/c1-23-8-9-24(2,29-23)12-18(11-23)30(3)22-7-6-20(27-28-22)19-5-4-17(10-21(19)32)31-15-16(13-25)14-26-31/h4-7,10,14-15,18,29,32H,8-9,11-12H2,1-3H3/t18-,23-,24+. The van der Waals surface area contributed by atoms with Crippen LogP contribution in [0.5, 0.6) is 5.75 Å². The minimum atomic E-state index is 0.0858. The number of hydrogen-bond acceptors (Lipinski definition) is 7. The first-order valence-electron chi connectivity index (χ1n) is 10.9. The van der Waals surface area contributed by atoms with E-state index in [1.54, 1.807) is 23.0 Å². The fraction of sp³-hybridized carbons (Fsp3) is 0.417. The molecule has 5 rings (SSSR count). The van der Waals surface area contributed by atoms with Gasteiger partial charge in [-0.25, -0.2) is 4.68 Å². The topological polar surface area (TPSA) is 103 Å². The van der Waals surface area contributed by atoms with E-state index in [0.29, 0.717) is 28.6 Å². The molecule has 32 heavy (non-hydrogen) atoms. The minimum absolute atomic E-state index is 0.0858. The molecule has 164 valence electrons. The molecule has 4 heterocycles. The van der Waals surface area contributed by atoms with E-state index in [0.717, 1.165) is 18.7 Å². The predicted molar refractivity (Wildman–Crippen MR) is 122 cm³/mol. The number of hydrogen-bond donors (Lipinski definition) is 2. The Hall–Kier alpha value is -3.44. The molecule has 8 heteroatoms. The Labute approximate surface area is 187 Å². The highest BCUT2D eigenvalue weighted by molar-refractivity contribution is 5.69. The maximum Gasteiger partial charge on any atom is 0.151 e. The van der Waals surface area contributed by atoms with Gasteiger partial charge < -0.3 is 15.3 Å². The molecule has 0 radical (unpaired) electrons. The van der Waals surface area contributed by atoms with Gasteiger partial charge in [0.1, 0.15) is 11.8 Å². The largest absolute Gasteiger partial charge is 0.507 e. The number of nitriles is 1. The smallest absolute Gasteiger partial charge is 0.151 e. The molecular weight excluding hydrogens is 402 g/mol. The van der Waals surface area contributed by atoms with Crippen LogP contribution in [0.3, 0.4) is 0 Å². The lowest BCUT2D eigenvalue weighted by Crippen LogP contribution is -2.58. The van der Waals surface area contributed by atoms with Gasteiger partial charge in [0.25, 0.3) is 0 Å². The Morgan fingerprint density at radius 2 is 1.91 bits per heavy atom. The van der Waals surface area contributed by atoms with Crippen molar-refractivity contribution in [3.05, 3.63) is 48.3 Å². The zero-order chi connectivity index (χ0) is 22.5. The minimum Gasteiger partial charge on any atom is -0.507 e. The van der Waals surface area contributed by atoms with Crippen molar-refractivity contribution >= 4 is 5.82 Å². The second kappa shape index (κ2) is 7.31. The van der Waals surface area contributed by atoms with Crippen LogP contribution < -0.4 is 10.2 Å². The van der Waals surface area contributed by atoms with Crippen molar-refractivity contribution in [1.29, 1.82) is 5.26 Å². The van der Waals surface area contributed by atoms with Crippen molar-refractivity contribution < 1.29 is 5.11 Å². The molecule has 0 aliphatic carbocycles. The number of aromatic nitrogens is 4. The molecule has 0 spiro atoms. The number of phenols is 1. The first-order valence-corrected chi connectivity index (χ1v) is 10.9. The summed E-state index contributed by atoms with van der Waals surface area (Å²) in [6.07, 6.45) is 7.71. The molecule has 8 nitrogen and oxygen atoms in total. The Kier molecular flexibility index (Phi) is 4.68. The van der Waals surface area contributed by atoms with Crippen LogP contribution in [0.2, 0.25) is 0 Å². The first-order chi connectivity index (χ1) is 15.3. The third-order valence-electron chi connectivity index (χ3n) is 7.00. The molecule has 0 amide bonds. The van der Waals surface area contributed by atoms with Crippen molar-refractivity contribution in [1.82, 2.24) is 25.3 Å². The normalized spacial score (nSPS) is 26.6. The van der Waals surface area contributed by atoms with Gasteiger partial charge in [-0.1, -0.05) is 0 Å². The summed E-state index contributed by atoms with van der Waals surface area (Å²) in [5, 5.41) is 36.4. The average molecular weight is 430 g/mol. The Morgan fingerprint density at radius 3 is 2.50 bits per heavy atom. The van der Waals surface area contributed by atoms with E-state index in [2.05, 4.69) is 46.4 Å². The summed E-state index contributed by atoms with van der Waals surface area (Å²) in [6.45, 7) is 4.65. The number of anilines is 1. The molecule has 2 saturated heterocycles. The molecule has 2 bridgehead atoms. The molecule has 2 aliphatic rings. The SMILES string of the molecule is CN(c1ccc(-c2ccc(-n3cc(C#N)cn3)cc2O)nn1)[C@H]1C[C@]2(C)CC[C@](C)(C1)N2. The number of phenolic OH excluding ortho intramolecular Hbond substituents is 1. The zero-order valence-electron chi connectivity index (χ0n) is 18.6. The van der Waals surface area contributed by atoms with Crippen LogP contribution >= 0.6 is 0 Å². The number of rotatable bonds is 4. The van der Waals surface area contributed by atoms with Gasteiger partial charge in [-0.3, -0.25) is 0 Å². The van der Waals surface area contributed by atoms with Crippen LogP contribution in [0.4, 0.5) is 5.82 Å². The summed E-state index contributed by atoms with van der Waals surface area (Å²) in [7, 11) is 2.09. The van der Waals surface area contributed by atoms with Gasteiger partial charge in [-0.2, -0.15) is 10.4 Å². The summed E-state index contributed by atoms with van der Waals surface area (Å²) in [5.41, 5.74) is 2.71. The summed E-state index contributed by atoms with van der Waals surface area (Å²) in [5.74, 6) is 0.923. The third-order valence-corrected chi connectivity index (χ3v) is 7.00. The van der Waals surface area contributed by atoms with Gasteiger partial charge in [-0.05, 0) is 63.8 Å². The van der Waals surface area contributed by atoms with Crippen LogP contribution in [0.15, 0.2) is 42.7 Å². The third kappa shape index (κ3) is 3.59. The van der Waals surface area contributed by atoms with E-state index >= 15 is 0 Å². The van der Waals surface area contributed by atoms with Crippen LogP contribution in [0, 0.1) is 11.3 Å². The molecule has 2 aromatic heterocycles. The highest BCUT2D eigenvalue weighted by atomic mass is 16.3. The summed E-state index contributed by atoms with van der Waals surface area (Å²) in [6, 6.07) is 11.6. The highest BCUT2D eigenvalue weighted by Crippen LogP contribution is 2.43. The van der Waals surface area contributed by atoms with Crippen molar-refractivity contribution in [3.63, 3.8) is 0 Å². The fourth-order valence-electron chi connectivity index (χ4n) is 5.34. The number of benzene rings is 1. The quantitative estimate of drug-likeness (QED) is 0.655. The van der Waals surface area contributed by atoms with E-state index in [1.807, 2.05) is 24.3 Å². The molecule has 2 aliphatic heterocycles. The van der Waals surface area contributed by atoms with E-state index in [4.69, 9.17) is 5.26 Å². The Morgan fingerprint density at radius 1 is 1.16 bits per heavy atom. The molecule has 1 aromatic carbocycles. The van der Waals surface area contributed by atoms with Crippen LogP contribution in [-0.2, 0) is 0 Å². The van der Waals surface area contributed by atoms with Crippen LogP contribution in [-0.4, -0.2) is 49.3 Å². The monoisotopic (exact) mass is 429 g/mol. The van der Waals surface area contributed by atoms with E-state index in [1.165, 1.54) is 19.0 Å². The summed E-state index contributed by atoms with van der Waals surface area (Å²) >= 11 is 0. The number of fused-ring (bicyclic) bond motifs is 2. The number of nitrogens with zero attached hydrogens (tertiary/aromatic N) is 6. The van der Waals surface area contributed by atoms with Gasteiger partial charge in [0.15, 0.2) is 5.82 Å². The van der Waals surface area contributed by atoms with Crippen molar-refractivity contribution in [2.24, 2.45) is 0 Å². The number of piperidine rings is 1. The highest BCUT2D eigenvalue weighted by Gasteiger charge is 2.49. The lowest BCUT2D eigenvalue weighted by atomic mass is 9.84. The fourth-order valence-corrected chi connectivity index (χ4v) is 5.34. The maximum absolute atomic E-state index is 10.6. The lowest BCUT2D eigenvalue weighted by molar-refractivity contribution is 0.207. The van der Waals surface area contributed by atoms with Gasteiger partial charge >= 0.3 is 0 Å². The molecule has 0 unspecified atom stereocenters. The predicted octanol–water partition coefficient (Wildman–Crippen LogP) is 3.41. The van der Waals surface area contributed by atoms with Gasteiger partial charge in [-0.15, -0.1) is 10.2 Å². The molecule has 0 saturated carbocycles. The van der Waals surface area contributed by atoms with Crippen molar-refractivity contribution in [2.45, 2.75) is 56.7 Å². The number of aromatic hydroxyl groups is 1. The van der Waals surface area contributed by atoms with Crippen LogP contribution in [0.25, 0.3) is 16.9 Å². The summed E-state index contributed by atoms with van der Waals surface area (Å²) < 4.78 is 1.55. The van der Waals surface area contributed by atoms with Gasteiger partial charge in [0.05, 0.1) is 23.1 Å². The van der Waals surface area contributed by atoms with E-state index in [9.17, 15) is 5.11 Å². The molecular formula is C24H27N7O. The average Bonchev–Trinajstić information content (AvgIpc) is 3.34. The molecule has 3 atom stereocenters. The van der Waals surface area contributed by atoms with Crippen molar-refractivity contribution in [3.8, 4) is 28.8 Å². The van der Waals surface area contributed by atoms with Crippen molar-refractivity contribution in [2.75, 3.05) is 11.9 Å². The Balaban J connectivity index is 1.35. The second-order valence-electron chi connectivity index (χ2n) is 9.68. The van der Waals surface area contributed by atoms with Gasteiger partial charge in [0.2, 0.25) is 0 Å². The molecule has 2 N–H and O–H groups in total. The summed E-state index contributed by atoms with van der Waals surface area (Å²) in [4.78, 5) is 2.24. The maximum atomic E-state index is 10.6. The number of nitrogens with one attached hydrogen (secondary N) is 1. The Bertz CT molecular complexity index is 1180. The van der Waals surface area contributed by atoms with E-state index in [-0.39, 0.29) is 16.8 Å². The molecule has 3 aromatic rings. The van der Waals surface area contributed by atoms with Gasteiger partial charge in [0, 0.05) is 42.0 Å².